The number of morpholine rings is 1. The molecule has 152 valence electrons. The molecule has 4 rings (SSSR count). The summed E-state index contributed by atoms with van der Waals surface area (Å²) in [6.07, 6.45) is 3.13. The number of ether oxygens (including phenoxy) is 1. The van der Waals surface area contributed by atoms with Crippen LogP contribution in [-0.2, 0) is 16.1 Å². The smallest absolute Gasteiger partial charge is 0.227 e. The van der Waals surface area contributed by atoms with E-state index in [-0.39, 0.29) is 11.8 Å². The van der Waals surface area contributed by atoms with E-state index in [0.717, 1.165) is 63.5 Å². The van der Waals surface area contributed by atoms with Crippen molar-refractivity contribution in [2.24, 2.45) is 11.8 Å². The highest BCUT2D eigenvalue weighted by Crippen LogP contribution is 2.28. The molecule has 28 heavy (non-hydrogen) atoms. The minimum Gasteiger partial charge on any atom is -0.378 e. The molecule has 0 N–H and O–H groups in total. The largest absolute Gasteiger partial charge is 0.378 e. The van der Waals surface area contributed by atoms with E-state index in [0.29, 0.717) is 19.1 Å². The van der Waals surface area contributed by atoms with Gasteiger partial charge in [-0.25, -0.2) is 4.98 Å². The fourth-order valence-electron chi connectivity index (χ4n) is 4.31. The van der Waals surface area contributed by atoms with Crippen LogP contribution in [0.4, 0.5) is 5.95 Å². The van der Waals surface area contributed by atoms with Crippen LogP contribution < -0.4 is 4.90 Å². The number of fused-ring (bicyclic) bond motifs is 1. The highest BCUT2D eigenvalue weighted by Gasteiger charge is 2.32. The Morgan fingerprint density at radius 2 is 2.00 bits per heavy atom. The lowest BCUT2D eigenvalue weighted by atomic mass is 9.96. The van der Waals surface area contributed by atoms with Crippen LogP contribution in [0.25, 0.3) is 11.0 Å². The molecule has 1 atom stereocenters. The predicted molar refractivity (Wildman–Crippen MR) is 112 cm³/mol. The molecule has 0 saturated carbocycles. The first-order valence-corrected chi connectivity index (χ1v) is 10.7. The Morgan fingerprint density at radius 3 is 2.79 bits per heavy atom. The number of carbonyl (C=O) groups excluding carboxylic acids is 1. The average Bonchev–Trinajstić information content (AvgIpc) is 3.11. The Kier molecular flexibility index (Phi) is 5.85. The number of amides is 1. The highest BCUT2D eigenvalue weighted by molar-refractivity contribution is 5.81. The van der Waals surface area contributed by atoms with Crippen LogP contribution in [0.1, 0.15) is 33.1 Å². The number of aryl methyl sites for hydroxylation is 1. The maximum atomic E-state index is 13.0. The second-order valence-corrected chi connectivity index (χ2v) is 8.46. The number of nitrogens with zero attached hydrogens (tertiary/aromatic N) is 4. The van der Waals surface area contributed by atoms with E-state index in [1.165, 1.54) is 5.52 Å². The number of aromatic nitrogens is 2. The monoisotopic (exact) mass is 384 g/mol. The summed E-state index contributed by atoms with van der Waals surface area (Å²) in [7, 11) is 0. The molecule has 1 amide bonds. The summed E-state index contributed by atoms with van der Waals surface area (Å²) in [5.74, 6) is 2.02. The Morgan fingerprint density at radius 1 is 1.21 bits per heavy atom. The van der Waals surface area contributed by atoms with Crippen molar-refractivity contribution in [1.29, 1.82) is 0 Å². The van der Waals surface area contributed by atoms with Crippen molar-refractivity contribution < 1.29 is 9.53 Å². The normalized spacial score (nSPS) is 20.9. The van der Waals surface area contributed by atoms with Crippen molar-refractivity contribution in [3.05, 3.63) is 24.3 Å². The lowest BCUT2D eigenvalue weighted by Crippen LogP contribution is -2.48. The molecule has 6 nitrogen and oxygen atoms in total. The van der Waals surface area contributed by atoms with E-state index >= 15 is 0 Å². The van der Waals surface area contributed by atoms with Crippen molar-refractivity contribution >= 4 is 22.9 Å². The molecule has 2 aliphatic rings. The molecule has 0 bridgehead atoms. The number of piperidine rings is 1. The van der Waals surface area contributed by atoms with Gasteiger partial charge in [0.1, 0.15) is 0 Å². The average molecular weight is 385 g/mol. The number of hydrogen-bond donors (Lipinski definition) is 0. The van der Waals surface area contributed by atoms with Gasteiger partial charge in [0, 0.05) is 32.7 Å². The van der Waals surface area contributed by atoms with Gasteiger partial charge in [0.05, 0.1) is 30.2 Å². The fraction of sp³-hybridized carbons (Fsp3) is 0.636. The molecule has 2 saturated heterocycles. The number of anilines is 1. The Labute approximate surface area is 167 Å². The van der Waals surface area contributed by atoms with Crippen LogP contribution in [0.3, 0.4) is 0 Å². The van der Waals surface area contributed by atoms with Crippen LogP contribution >= 0.6 is 0 Å². The van der Waals surface area contributed by atoms with E-state index in [4.69, 9.17) is 9.72 Å². The Hall–Kier alpha value is -2.08. The van der Waals surface area contributed by atoms with E-state index in [2.05, 4.69) is 41.5 Å². The summed E-state index contributed by atoms with van der Waals surface area (Å²) in [6, 6.07) is 8.38. The van der Waals surface area contributed by atoms with Gasteiger partial charge in [-0.05, 0) is 37.3 Å². The minimum absolute atomic E-state index is 0.0604. The molecule has 2 fully saturated rings. The molecule has 1 aromatic carbocycles. The van der Waals surface area contributed by atoms with Gasteiger partial charge in [-0.15, -0.1) is 0 Å². The molecule has 1 aromatic heterocycles. The summed E-state index contributed by atoms with van der Waals surface area (Å²) in [4.78, 5) is 22.3. The third-order valence-electron chi connectivity index (χ3n) is 5.94. The van der Waals surface area contributed by atoms with Gasteiger partial charge in [-0.3, -0.25) is 4.79 Å². The van der Waals surface area contributed by atoms with Gasteiger partial charge in [0.15, 0.2) is 0 Å². The van der Waals surface area contributed by atoms with Crippen molar-refractivity contribution in [2.45, 2.75) is 39.7 Å². The lowest BCUT2D eigenvalue weighted by Gasteiger charge is -2.36. The van der Waals surface area contributed by atoms with Gasteiger partial charge >= 0.3 is 0 Å². The first-order valence-electron chi connectivity index (χ1n) is 10.7. The number of hydrogen-bond acceptors (Lipinski definition) is 4. The van der Waals surface area contributed by atoms with Gasteiger partial charge in [0.25, 0.3) is 0 Å². The van der Waals surface area contributed by atoms with Crippen molar-refractivity contribution in [2.75, 3.05) is 44.3 Å². The van der Waals surface area contributed by atoms with E-state index in [1.807, 2.05) is 11.0 Å². The summed E-state index contributed by atoms with van der Waals surface area (Å²) < 4.78 is 7.76. The van der Waals surface area contributed by atoms with Crippen LogP contribution in [0, 0.1) is 11.8 Å². The molecule has 0 aliphatic carbocycles. The topological polar surface area (TPSA) is 50.6 Å². The molecule has 0 radical (unpaired) electrons. The molecule has 3 heterocycles. The number of benzene rings is 1. The van der Waals surface area contributed by atoms with E-state index in [9.17, 15) is 4.79 Å². The van der Waals surface area contributed by atoms with Crippen LogP contribution in [0.2, 0.25) is 0 Å². The Balaban J connectivity index is 1.56. The van der Waals surface area contributed by atoms with Gasteiger partial charge < -0.3 is 19.1 Å². The predicted octanol–water partition coefficient (Wildman–Crippen LogP) is 3.16. The van der Waals surface area contributed by atoms with Gasteiger partial charge in [-0.2, -0.15) is 0 Å². The van der Waals surface area contributed by atoms with Crippen molar-refractivity contribution in [1.82, 2.24) is 14.5 Å². The molecule has 2 aromatic rings. The molecular weight excluding hydrogens is 352 g/mol. The number of para-hydroxylation sites is 2. The summed E-state index contributed by atoms with van der Waals surface area (Å²) in [5, 5.41) is 0. The first kappa shape index (κ1) is 19.2. The molecular formula is C22H32N4O2. The van der Waals surface area contributed by atoms with Crippen LogP contribution in [-0.4, -0.2) is 59.8 Å². The van der Waals surface area contributed by atoms with Crippen LogP contribution in [0.5, 0.6) is 0 Å². The number of imidazole rings is 1. The third-order valence-corrected chi connectivity index (χ3v) is 5.94. The number of rotatable bonds is 5. The number of carbonyl (C=O) groups is 1. The summed E-state index contributed by atoms with van der Waals surface area (Å²) >= 11 is 0. The van der Waals surface area contributed by atoms with Crippen LogP contribution in [0.15, 0.2) is 24.3 Å². The van der Waals surface area contributed by atoms with Crippen molar-refractivity contribution in [3.63, 3.8) is 0 Å². The fourth-order valence-corrected chi connectivity index (χ4v) is 4.31. The van der Waals surface area contributed by atoms with Gasteiger partial charge in [0.2, 0.25) is 11.9 Å². The summed E-state index contributed by atoms with van der Waals surface area (Å²) in [6.45, 7) is 9.99. The van der Waals surface area contributed by atoms with Gasteiger partial charge in [-0.1, -0.05) is 26.0 Å². The molecule has 0 spiro atoms. The second kappa shape index (κ2) is 8.52. The molecule has 0 unspecified atom stereocenters. The lowest BCUT2D eigenvalue weighted by molar-refractivity contribution is -0.139. The highest BCUT2D eigenvalue weighted by atomic mass is 16.5. The summed E-state index contributed by atoms with van der Waals surface area (Å²) in [5.41, 5.74) is 2.24. The van der Waals surface area contributed by atoms with E-state index in [1.54, 1.807) is 0 Å². The van der Waals surface area contributed by atoms with E-state index < -0.39 is 0 Å². The maximum Gasteiger partial charge on any atom is 0.227 e. The minimum atomic E-state index is 0.0604. The SMILES string of the molecule is CC(C)CCn1c(N2CCC[C@H](C(=O)N3CCOCC3)C2)nc2ccccc21. The molecule has 6 heteroatoms. The van der Waals surface area contributed by atoms with Crippen molar-refractivity contribution in [3.8, 4) is 0 Å². The Bertz CT molecular complexity index is 810. The maximum absolute atomic E-state index is 13.0. The standard InChI is InChI=1S/C22H32N4O2/c1-17(2)9-11-26-20-8-4-3-7-19(20)23-22(26)25-10-5-6-18(16-25)21(27)24-12-14-28-15-13-24/h3-4,7-8,17-18H,5-6,9-16H2,1-2H3/t18-/m0/s1. The zero-order valence-electron chi connectivity index (χ0n) is 17.1. The first-order chi connectivity index (χ1) is 13.6. The molecule has 2 aliphatic heterocycles. The quantitative estimate of drug-likeness (QED) is 0.795. The zero-order chi connectivity index (χ0) is 19.5. The second-order valence-electron chi connectivity index (χ2n) is 8.46. The zero-order valence-corrected chi connectivity index (χ0v) is 17.1. The third kappa shape index (κ3) is 4.02.